The van der Waals surface area contributed by atoms with Gasteiger partial charge in [-0.2, -0.15) is 0 Å². The summed E-state index contributed by atoms with van der Waals surface area (Å²) in [5.41, 5.74) is 1.43. The van der Waals surface area contributed by atoms with E-state index in [1.165, 1.54) is 13.1 Å². The number of ketones is 1. The lowest BCUT2D eigenvalue weighted by atomic mass is 10.1. The van der Waals surface area contributed by atoms with Crippen molar-refractivity contribution < 1.29 is 14.7 Å². The first-order chi connectivity index (χ1) is 9.09. The summed E-state index contributed by atoms with van der Waals surface area (Å²) in [5.74, 6) is -1.07. The molecule has 19 heavy (non-hydrogen) atoms. The number of hydrogen-bond acceptors (Lipinski definition) is 2. The van der Waals surface area contributed by atoms with Gasteiger partial charge in [0.15, 0.2) is 5.78 Å². The second-order valence-electron chi connectivity index (χ2n) is 3.32. The van der Waals surface area contributed by atoms with Crippen LogP contribution < -0.4 is 0 Å². The Kier molecular flexibility index (Phi) is 7.19. The van der Waals surface area contributed by atoms with E-state index in [0.717, 1.165) is 5.52 Å². The van der Waals surface area contributed by atoms with Crippen LogP contribution in [0.4, 0.5) is 0 Å². The van der Waals surface area contributed by atoms with Gasteiger partial charge in [0, 0.05) is 22.7 Å². The minimum atomic E-state index is -0.998. The number of carbonyl (C=O) groups is 2. The van der Waals surface area contributed by atoms with E-state index in [4.69, 9.17) is 5.11 Å². The van der Waals surface area contributed by atoms with Crippen molar-refractivity contribution >= 4 is 22.7 Å². The number of Topliss-reactive ketones (excluding diaryl/α,β-unsaturated/α-hetero) is 1. The van der Waals surface area contributed by atoms with Crippen molar-refractivity contribution in [3.8, 4) is 0 Å². The summed E-state index contributed by atoms with van der Waals surface area (Å²) in [6.07, 6.45) is 1.43. The molecule has 0 saturated heterocycles. The van der Waals surface area contributed by atoms with Gasteiger partial charge >= 0.3 is 5.97 Å². The fourth-order valence-electron chi connectivity index (χ4n) is 1.52. The van der Waals surface area contributed by atoms with Crippen LogP contribution in [-0.4, -0.2) is 21.8 Å². The molecule has 1 aromatic carbocycles. The van der Waals surface area contributed by atoms with Crippen molar-refractivity contribution in [2.45, 2.75) is 34.6 Å². The lowest BCUT2D eigenvalue weighted by molar-refractivity contribution is 0.0698. The molecule has 1 heterocycles. The molecule has 0 fully saturated rings. The number of aromatic amines is 1. The van der Waals surface area contributed by atoms with Gasteiger partial charge in [-0.15, -0.1) is 0 Å². The summed E-state index contributed by atoms with van der Waals surface area (Å²) in [4.78, 5) is 24.8. The van der Waals surface area contributed by atoms with E-state index in [9.17, 15) is 9.59 Å². The first-order valence-corrected chi connectivity index (χ1v) is 6.45. The number of carbonyl (C=O) groups excluding carboxylic acids is 1. The van der Waals surface area contributed by atoms with E-state index in [2.05, 4.69) is 4.98 Å². The summed E-state index contributed by atoms with van der Waals surface area (Å²) >= 11 is 0. The Labute approximate surface area is 113 Å². The van der Waals surface area contributed by atoms with Crippen molar-refractivity contribution in [3.63, 3.8) is 0 Å². The van der Waals surface area contributed by atoms with Gasteiger partial charge in [0.1, 0.15) is 0 Å². The van der Waals surface area contributed by atoms with Crippen LogP contribution in [0.15, 0.2) is 24.4 Å². The summed E-state index contributed by atoms with van der Waals surface area (Å²) in [6.45, 7) is 9.45. The number of hydrogen-bond donors (Lipinski definition) is 2. The van der Waals surface area contributed by atoms with E-state index < -0.39 is 5.97 Å². The van der Waals surface area contributed by atoms with Gasteiger partial charge in [0.2, 0.25) is 0 Å². The summed E-state index contributed by atoms with van der Waals surface area (Å²) < 4.78 is 0. The Hall–Kier alpha value is -2.10. The van der Waals surface area contributed by atoms with Crippen molar-refractivity contribution in [2.24, 2.45) is 0 Å². The highest BCUT2D eigenvalue weighted by Crippen LogP contribution is 2.20. The molecule has 4 nitrogen and oxygen atoms in total. The summed E-state index contributed by atoms with van der Waals surface area (Å²) in [7, 11) is 0. The first-order valence-electron chi connectivity index (χ1n) is 6.45. The van der Waals surface area contributed by atoms with Gasteiger partial charge in [0.05, 0.1) is 5.56 Å². The number of carboxylic acid groups (broad SMARTS) is 1. The normalized spacial score (nSPS) is 8.89. The molecular formula is C15H21NO3. The second-order valence-corrected chi connectivity index (χ2v) is 3.32. The maximum absolute atomic E-state index is 11.1. The van der Waals surface area contributed by atoms with Gasteiger partial charge in [-0.1, -0.05) is 27.7 Å². The summed E-state index contributed by atoms with van der Waals surface area (Å²) in [6, 6.07) is 4.98. The molecule has 0 spiro atoms. The molecule has 0 saturated carbocycles. The molecule has 0 aliphatic carbocycles. The third-order valence-corrected chi connectivity index (χ3v) is 2.32. The molecule has 104 valence electrons. The molecule has 1 aromatic heterocycles. The average Bonchev–Trinajstić information content (AvgIpc) is 2.86. The van der Waals surface area contributed by atoms with Crippen LogP contribution in [0.25, 0.3) is 10.9 Å². The van der Waals surface area contributed by atoms with Crippen molar-refractivity contribution in [1.82, 2.24) is 4.98 Å². The molecule has 2 N–H and O–H groups in total. The number of H-pyrrole nitrogens is 1. The Bertz CT molecular complexity index is 556. The molecule has 0 aliphatic heterocycles. The number of fused-ring (bicyclic) bond motifs is 1. The topological polar surface area (TPSA) is 70.2 Å². The standard InChI is InChI=1S/C11H9NO3.2C2H6/c1-6(13)7-2-3-10-8(4-7)9(5-12-10)11(14)15;2*1-2/h2-5,12H,1H3,(H,14,15);2*1-2H3. The first kappa shape index (κ1) is 16.9. The monoisotopic (exact) mass is 263 g/mol. The molecule has 0 radical (unpaired) electrons. The highest BCUT2D eigenvalue weighted by atomic mass is 16.4. The molecule has 4 heteroatoms. The SMILES string of the molecule is CC.CC.CC(=O)c1ccc2[nH]cc(C(=O)O)c2c1. The van der Waals surface area contributed by atoms with E-state index in [-0.39, 0.29) is 11.3 Å². The van der Waals surface area contributed by atoms with E-state index in [1.807, 2.05) is 27.7 Å². The van der Waals surface area contributed by atoms with Crippen LogP contribution >= 0.6 is 0 Å². The second kappa shape index (κ2) is 8.08. The Morgan fingerprint density at radius 2 is 1.68 bits per heavy atom. The van der Waals surface area contributed by atoms with E-state index in [1.54, 1.807) is 18.2 Å². The number of rotatable bonds is 2. The maximum atomic E-state index is 11.1. The lowest BCUT2D eigenvalue weighted by Gasteiger charge is -1.96. The maximum Gasteiger partial charge on any atom is 0.337 e. The Balaban J connectivity index is 0.000000741. The quantitative estimate of drug-likeness (QED) is 0.800. The van der Waals surface area contributed by atoms with Crippen LogP contribution in [0.5, 0.6) is 0 Å². The van der Waals surface area contributed by atoms with Crippen LogP contribution in [0.2, 0.25) is 0 Å². The molecule has 0 amide bonds. The third kappa shape index (κ3) is 3.95. The predicted octanol–water partition coefficient (Wildman–Crippen LogP) is 4.12. The highest BCUT2D eigenvalue weighted by molar-refractivity contribution is 6.06. The Morgan fingerprint density at radius 3 is 2.16 bits per heavy atom. The minimum Gasteiger partial charge on any atom is -0.478 e. The van der Waals surface area contributed by atoms with Gasteiger partial charge in [-0.25, -0.2) is 4.79 Å². The van der Waals surface area contributed by atoms with Crippen LogP contribution in [-0.2, 0) is 0 Å². The van der Waals surface area contributed by atoms with Crippen molar-refractivity contribution in [2.75, 3.05) is 0 Å². The van der Waals surface area contributed by atoms with Crippen LogP contribution in [0, 0.1) is 0 Å². The van der Waals surface area contributed by atoms with Crippen molar-refractivity contribution in [3.05, 3.63) is 35.5 Å². The predicted molar refractivity (Wildman–Crippen MR) is 78.0 cm³/mol. The number of carboxylic acids is 1. The van der Waals surface area contributed by atoms with Gasteiger partial charge in [-0.3, -0.25) is 4.79 Å². The molecule has 0 bridgehead atoms. The zero-order valence-corrected chi connectivity index (χ0v) is 12.1. The zero-order chi connectivity index (χ0) is 15.0. The molecule has 2 rings (SSSR count). The van der Waals surface area contributed by atoms with Crippen LogP contribution in [0.1, 0.15) is 55.3 Å². The van der Waals surface area contributed by atoms with Crippen molar-refractivity contribution in [1.29, 1.82) is 0 Å². The van der Waals surface area contributed by atoms with Gasteiger partial charge in [0.25, 0.3) is 0 Å². The molecular weight excluding hydrogens is 242 g/mol. The number of aromatic nitrogens is 1. The van der Waals surface area contributed by atoms with E-state index in [0.29, 0.717) is 10.9 Å². The smallest absolute Gasteiger partial charge is 0.337 e. The zero-order valence-electron chi connectivity index (χ0n) is 12.1. The van der Waals surface area contributed by atoms with Gasteiger partial charge in [-0.05, 0) is 25.1 Å². The molecule has 0 aliphatic rings. The number of aromatic carboxylic acids is 1. The minimum absolute atomic E-state index is 0.0746. The molecule has 0 atom stereocenters. The van der Waals surface area contributed by atoms with E-state index >= 15 is 0 Å². The highest BCUT2D eigenvalue weighted by Gasteiger charge is 2.11. The summed E-state index contributed by atoms with van der Waals surface area (Å²) in [5, 5.41) is 9.46. The molecule has 2 aromatic rings. The number of benzene rings is 1. The lowest BCUT2D eigenvalue weighted by Crippen LogP contribution is -1.95. The number of nitrogens with one attached hydrogen (secondary N) is 1. The van der Waals surface area contributed by atoms with Crippen LogP contribution in [0.3, 0.4) is 0 Å². The average molecular weight is 263 g/mol. The fourth-order valence-corrected chi connectivity index (χ4v) is 1.52. The third-order valence-electron chi connectivity index (χ3n) is 2.32. The van der Waals surface area contributed by atoms with Gasteiger partial charge < -0.3 is 10.1 Å². The Morgan fingerprint density at radius 1 is 1.11 bits per heavy atom. The largest absolute Gasteiger partial charge is 0.478 e. The molecule has 0 unspecified atom stereocenters. The fraction of sp³-hybridized carbons (Fsp3) is 0.333.